The Morgan fingerprint density at radius 1 is 1.60 bits per heavy atom. The number of pyridine rings is 1. The quantitative estimate of drug-likeness (QED) is 0.704. The van der Waals surface area contributed by atoms with Crippen molar-refractivity contribution in [2.45, 2.75) is 13.5 Å². The number of carbonyl (C=O) groups excluding carboxylic acids is 1. The van der Waals surface area contributed by atoms with Crippen LogP contribution < -0.4 is 16.4 Å². The summed E-state index contributed by atoms with van der Waals surface area (Å²) in [7, 11) is 0. The maximum absolute atomic E-state index is 10.9. The van der Waals surface area contributed by atoms with Crippen LogP contribution in [0.5, 0.6) is 0 Å². The summed E-state index contributed by atoms with van der Waals surface area (Å²) in [6, 6.07) is 1.85. The van der Waals surface area contributed by atoms with E-state index < -0.39 is 0 Å². The van der Waals surface area contributed by atoms with Gasteiger partial charge in [-0.25, -0.2) is 0 Å². The zero-order chi connectivity index (χ0) is 11.3. The highest BCUT2D eigenvalue weighted by atomic mass is 16.1. The molecule has 0 aromatic carbocycles. The molecule has 5 heteroatoms. The molecular weight excluding hydrogens is 192 g/mol. The van der Waals surface area contributed by atoms with E-state index in [1.165, 1.54) is 0 Å². The molecule has 0 unspecified atom stereocenters. The Hall–Kier alpha value is -1.62. The van der Waals surface area contributed by atoms with Crippen molar-refractivity contribution in [1.82, 2.24) is 4.98 Å². The molecule has 15 heavy (non-hydrogen) atoms. The molecule has 0 aliphatic heterocycles. The monoisotopic (exact) mass is 208 g/mol. The average molecular weight is 208 g/mol. The Morgan fingerprint density at radius 3 is 2.87 bits per heavy atom. The van der Waals surface area contributed by atoms with E-state index in [2.05, 4.69) is 4.98 Å². The van der Waals surface area contributed by atoms with Crippen LogP contribution in [0.4, 0.5) is 5.69 Å². The van der Waals surface area contributed by atoms with Gasteiger partial charge in [0, 0.05) is 19.3 Å². The largest absolute Gasteiger partial charge is 0.368 e. The molecule has 1 rings (SSSR count). The number of anilines is 1. The summed E-state index contributed by atoms with van der Waals surface area (Å²) in [5.74, 6) is -0.358. The maximum atomic E-state index is 10.9. The van der Waals surface area contributed by atoms with Crippen LogP contribution in [0.15, 0.2) is 18.5 Å². The van der Waals surface area contributed by atoms with Crippen LogP contribution in [-0.2, 0) is 11.3 Å². The van der Waals surface area contributed by atoms with Gasteiger partial charge in [0.15, 0.2) is 0 Å². The smallest absolute Gasteiger partial charge is 0.236 e. The highest BCUT2D eigenvalue weighted by molar-refractivity contribution is 5.79. The van der Waals surface area contributed by atoms with E-state index in [0.717, 1.165) is 11.3 Å². The lowest BCUT2D eigenvalue weighted by atomic mass is 10.2. The number of aromatic nitrogens is 1. The van der Waals surface area contributed by atoms with Crippen molar-refractivity contribution in [1.29, 1.82) is 0 Å². The van der Waals surface area contributed by atoms with Crippen molar-refractivity contribution in [3.05, 3.63) is 24.0 Å². The SMILES string of the molecule is CCN(CC(N)=O)c1cnccc1CN. The Morgan fingerprint density at radius 2 is 2.33 bits per heavy atom. The number of nitrogens with zero attached hydrogens (tertiary/aromatic N) is 2. The zero-order valence-electron chi connectivity index (χ0n) is 8.81. The van der Waals surface area contributed by atoms with Crippen molar-refractivity contribution in [3.63, 3.8) is 0 Å². The second kappa shape index (κ2) is 5.31. The Labute approximate surface area is 89.1 Å². The third kappa shape index (κ3) is 2.92. The minimum atomic E-state index is -0.358. The van der Waals surface area contributed by atoms with Gasteiger partial charge in [-0.15, -0.1) is 0 Å². The number of rotatable bonds is 5. The van der Waals surface area contributed by atoms with Gasteiger partial charge in [0.1, 0.15) is 0 Å². The summed E-state index contributed by atoms with van der Waals surface area (Å²) in [6.45, 7) is 3.26. The molecule has 0 aliphatic rings. The Bertz CT molecular complexity index is 340. The van der Waals surface area contributed by atoms with E-state index in [1.807, 2.05) is 17.9 Å². The lowest BCUT2D eigenvalue weighted by Crippen LogP contribution is -2.34. The first kappa shape index (κ1) is 11.5. The first-order valence-corrected chi connectivity index (χ1v) is 4.85. The predicted molar refractivity (Wildman–Crippen MR) is 59.2 cm³/mol. The Balaban J connectivity index is 2.95. The summed E-state index contributed by atoms with van der Waals surface area (Å²) in [5, 5.41) is 0. The van der Waals surface area contributed by atoms with Gasteiger partial charge in [0.05, 0.1) is 18.4 Å². The molecule has 0 bridgehead atoms. The van der Waals surface area contributed by atoms with Crippen molar-refractivity contribution < 1.29 is 4.79 Å². The van der Waals surface area contributed by atoms with E-state index in [-0.39, 0.29) is 12.5 Å². The number of nitrogens with two attached hydrogens (primary N) is 2. The third-order valence-electron chi connectivity index (χ3n) is 2.18. The van der Waals surface area contributed by atoms with E-state index in [9.17, 15) is 4.79 Å². The molecule has 1 aromatic rings. The second-order valence-corrected chi connectivity index (χ2v) is 3.19. The van der Waals surface area contributed by atoms with Gasteiger partial charge in [-0.2, -0.15) is 0 Å². The first-order chi connectivity index (χ1) is 7.19. The van der Waals surface area contributed by atoms with Crippen LogP contribution in [0.2, 0.25) is 0 Å². The van der Waals surface area contributed by atoms with Crippen LogP contribution in [0.25, 0.3) is 0 Å². The van der Waals surface area contributed by atoms with Gasteiger partial charge in [-0.1, -0.05) is 0 Å². The summed E-state index contributed by atoms with van der Waals surface area (Å²) in [4.78, 5) is 16.7. The van der Waals surface area contributed by atoms with Crippen LogP contribution >= 0.6 is 0 Å². The fourth-order valence-electron chi connectivity index (χ4n) is 1.43. The Kier molecular flexibility index (Phi) is 4.05. The summed E-state index contributed by atoms with van der Waals surface area (Å²) < 4.78 is 0. The lowest BCUT2D eigenvalue weighted by Gasteiger charge is -2.23. The van der Waals surface area contributed by atoms with Gasteiger partial charge in [-0.05, 0) is 18.6 Å². The lowest BCUT2D eigenvalue weighted by molar-refractivity contribution is -0.116. The van der Waals surface area contributed by atoms with E-state index >= 15 is 0 Å². The first-order valence-electron chi connectivity index (χ1n) is 4.85. The van der Waals surface area contributed by atoms with Crippen molar-refractivity contribution in [3.8, 4) is 0 Å². The van der Waals surface area contributed by atoms with Crippen molar-refractivity contribution >= 4 is 11.6 Å². The molecular formula is C10H16N4O. The van der Waals surface area contributed by atoms with Crippen LogP contribution in [-0.4, -0.2) is 24.0 Å². The van der Waals surface area contributed by atoms with Gasteiger partial charge in [-0.3, -0.25) is 9.78 Å². The predicted octanol–water partition coefficient (Wildman–Crippen LogP) is -0.148. The van der Waals surface area contributed by atoms with E-state index in [0.29, 0.717) is 13.1 Å². The number of primary amides is 1. The molecule has 0 atom stereocenters. The molecule has 0 spiro atoms. The molecule has 5 nitrogen and oxygen atoms in total. The number of hydrogen-bond donors (Lipinski definition) is 2. The molecule has 1 aromatic heterocycles. The minimum absolute atomic E-state index is 0.190. The number of amides is 1. The molecule has 0 radical (unpaired) electrons. The summed E-state index contributed by atoms with van der Waals surface area (Å²) in [5.41, 5.74) is 12.6. The normalized spacial score (nSPS) is 10.0. The van der Waals surface area contributed by atoms with E-state index in [1.54, 1.807) is 12.4 Å². The molecule has 0 saturated heterocycles. The van der Waals surface area contributed by atoms with Crippen molar-refractivity contribution in [2.24, 2.45) is 11.5 Å². The fourth-order valence-corrected chi connectivity index (χ4v) is 1.43. The van der Waals surface area contributed by atoms with Gasteiger partial charge in [0.25, 0.3) is 0 Å². The standard InChI is InChI=1S/C10H16N4O/c1-2-14(7-10(12)15)9-6-13-4-3-8(9)5-11/h3-4,6H,2,5,7,11H2,1H3,(H2,12,15). The summed E-state index contributed by atoms with van der Waals surface area (Å²) in [6.07, 6.45) is 3.39. The zero-order valence-corrected chi connectivity index (χ0v) is 8.81. The van der Waals surface area contributed by atoms with Gasteiger partial charge >= 0.3 is 0 Å². The molecule has 0 fully saturated rings. The molecule has 0 saturated carbocycles. The maximum Gasteiger partial charge on any atom is 0.236 e. The third-order valence-corrected chi connectivity index (χ3v) is 2.18. The second-order valence-electron chi connectivity index (χ2n) is 3.19. The molecule has 1 heterocycles. The van der Waals surface area contributed by atoms with Crippen LogP contribution in [0.3, 0.4) is 0 Å². The average Bonchev–Trinajstić information content (AvgIpc) is 2.25. The fraction of sp³-hybridized carbons (Fsp3) is 0.400. The minimum Gasteiger partial charge on any atom is -0.368 e. The molecule has 82 valence electrons. The number of likely N-dealkylation sites (N-methyl/N-ethyl adjacent to an activating group) is 1. The highest BCUT2D eigenvalue weighted by Gasteiger charge is 2.10. The molecule has 4 N–H and O–H groups in total. The van der Waals surface area contributed by atoms with Crippen LogP contribution in [0, 0.1) is 0 Å². The topological polar surface area (TPSA) is 85.2 Å². The number of carbonyl (C=O) groups is 1. The van der Waals surface area contributed by atoms with Gasteiger partial charge in [0.2, 0.25) is 5.91 Å². The summed E-state index contributed by atoms with van der Waals surface area (Å²) >= 11 is 0. The molecule has 0 aliphatic carbocycles. The van der Waals surface area contributed by atoms with E-state index in [4.69, 9.17) is 11.5 Å². The highest BCUT2D eigenvalue weighted by Crippen LogP contribution is 2.17. The van der Waals surface area contributed by atoms with Crippen LogP contribution in [0.1, 0.15) is 12.5 Å². The van der Waals surface area contributed by atoms with Gasteiger partial charge < -0.3 is 16.4 Å². The molecule has 1 amide bonds. The number of hydrogen-bond acceptors (Lipinski definition) is 4. The van der Waals surface area contributed by atoms with Crippen molar-refractivity contribution in [2.75, 3.05) is 18.0 Å².